The number of hydrogen-bond donors (Lipinski definition) is 0. The molecule has 1 heterocycles. The lowest BCUT2D eigenvalue weighted by Gasteiger charge is -2.21. The van der Waals surface area contributed by atoms with Crippen LogP contribution in [-0.4, -0.2) is 25.2 Å². The van der Waals surface area contributed by atoms with Gasteiger partial charge in [0.25, 0.3) is 0 Å². The Morgan fingerprint density at radius 3 is 2.67 bits per heavy atom. The van der Waals surface area contributed by atoms with Crippen LogP contribution in [0.25, 0.3) is 0 Å². The molecule has 0 N–H and O–H groups in total. The summed E-state index contributed by atoms with van der Waals surface area (Å²) >= 11 is 0. The third-order valence-corrected chi connectivity index (χ3v) is 5.40. The lowest BCUT2D eigenvalue weighted by molar-refractivity contribution is -0.115. The van der Waals surface area contributed by atoms with Crippen molar-refractivity contribution in [2.75, 3.05) is 5.75 Å². The molecule has 84 valence electrons. The second-order valence-corrected chi connectivity index (χ2v) is 6.64. The molecule has 1 aliphatic heterocycles. The quantitative estimate of drug-likeness (QED) is 0.722. The third kappa shape index (κ3) is 2.14. The Labute approximate surface area is 90.5 Å². The zero-order valence-electron chi connectivity index (χ0n) is 8.74. The largest absolute Gasteiger partial charge is 0.293 e. The van der Waals surface area contributed by atoms with Crippen LogP contribution in [0.15, 0.2) is 11.6 Å². The summed E-state index contributed by atoms with van der Waals surface area (Å²) in [6.07, 6.45) is 6.70. The highest BCUT2D eigenvalue weighted by Crippen LogP contribution is 2.27. The van der Waals surface area contributed by atoms with E-state index < -0.39 is 15.1 Å². The van der Waals surface area contributed by atoms with Gasteiger partial charge in [-0.2, -0.15) is 0 Å². The Bertz CT molecular complexity index is 392. The van der Waals surface area contributed by atoms with Crippen molar-refractivity contribution in [3.05, 3.63) is 11.6 Å². The Kier molecular flexibility index (Phi) is 2.96. The van der Waals surface area contributed by atoms with E-state index in [9.17, 15) is 13.2 Å². The maximum Gasteiger partial charge on any atom is 0.176 e. The van der Waals surface area contributed by atoms with E-state index in [1.807, 2.05) is 6.08 Å². The lowest BCUT2D eigenvalue weighted by atomic mass is 10.0. The minimum atomic E-state index is -3.15. The molecule has 0 saturated carbocycles. The molecule has 1 aliphatic carbocycles. The number of carbonyl (C=O) groups is 1. The van der Waals surface area contributed by atoms with Crippen LogP contribution in [0, 0.1) is 0 Å². The smallest absolute Gasteiger partial charge is 0.176 e. The van der Waals surface area contributed by atoms with E-state index in [-0.39, 0.29) is 11.5 Å². The molecule has 0 aromatic rings. The molecule has 3 nitrogen and oxygen atoms in total. The molecule has 1 unspecified atom stereocenters. The number of allylic oxidation sites excluding steroid dienone is 2. The summed E-state index contributed by atoms with van der Waals surface area (Å²) in [5.41, 5.74) is 0.755. The molecule has 0 aromatic heterocycles. The molecule has 0 radical (unpaired) electrons. The fourth-order valence-corrected chi connectivity index (χ4v) is 4.24. The van der Waals surface area contributed by atoms with E-state index in [0.717, 1.165) is 31.3 Å². The molecular formula is C11H16O3S. The highest BCUT2D eigenvalue weighted by atomic mass is 32.2. The SMILES string of the molecule is O=C(C1=CCCC1)C1CCCCS1(=O)=O. The molecule has 2 rings (SSSR count). The van der Waals surface area contributed by atoms with Crippen molar-refractivity contribution in [3.63, 3.8) is 0 Å². The van der Waals surface area contributed by atoms with Crippen molar-refractivity contribution in [3.8, 4) is 0 Å². The van der Waals surface area contributed by atoms with Crippen molar-refractivity contribution < 1.29 is 13.2 Å². The highest BCUT2D eigenvalue weighted by Gasteiger charge is 2.36. The minimum Gasteiger partial charge on any atom is -0.293 e. The van der Waals surface area contributed by atoms with Crippen LogP contribution in [0.1, 0.15) is 38.5 Å². The number of Topliss-reactive ketones (excluding diaryl/α,β-unsaturated/α-hetero) is 1. The molecule has 1 fully saturated rings. The second-order valence-electron chi connectivity index (χ2n) is 4.34. The summed E-state index contributed by atoms with van der Waals surface area (Å²) in [5.74, 6) is 0.0728. The van der Waals surface area contributed by atoms with Gasteiger partial charge in [-0.25, -0.2) is 8.42 Å². The van der Waals surface area contributed by atoms with Gasteiger partial charge in [-0.15, -0.1) is 0 Å². The predicted molar refractivity (Wildman–Crippen MR) is 58.4 cm³/mol. The third-order valence-electron chi connectivity index (χ3n) is 3.23. The fourth-order valence-electron chi connectivity index (χ4n) is 2.35. The standard InChI is InChI=1S/C11H16O3S/c12-11(9-5-1-2-6-9)10-7-3-4-8-15(10,13)14/h5,10H,1-4,6-8H2. The molecule has 0 bridgehead atoms. The van der Waals surface area contributed by atoms with E-state index >= 15 is 0 Å². The second kappa shape index (κ2) is 4.08. The van der Waals surface area contributed by atoms with E-state index in [2.05, 4.69) is 0 Å². The van der Waals surface area contributed by atoms with Crippen LogP contribution in [0.3, 0.4) is 0 Å². The summed E-state index contributed by atoms with van der Waals surface area (Å²) in [4.78, 5) is 12.0. The molecule has 15 heavy (non-hydrogen) atoms. The van der Waals surface area contributed by atoms with Gasteiger partial charge in [0.2, 0.25) is 0 Å². The molecule has 1 atom stereocenters. The van der Waals surface area contributed by atoms with E-state index in [4.69, 9.17) is 0 Å². The minimum absolute atomic E-state index is 0.118. The first-order valence-electron chi connectivity index (χ1n) is 5.56. The van der Waals surface area contributed by atoms with E-state index in [0.29, 0.717) is 12.8 Å². The zero-order chi connectivity index (χ0) is 10.9. The van der Waals surface area contributed by atoms with Crippen molar-refractivity contribution >= 4 is 15.6 Å². The van der Waals surface area contributed by atoms with Crippen LogP contribution < -0.4 is 0 Å². The van der Waals surface area contributed by atoms with Gasteiger partial charge in [0.05, 0.1) is 5.75 Å². The highest BCUT2D eigenvalue weighted by molar-refractivity contribution is 7.92. The first-order chi connectivity index (χ1) is 7.11. The first-order valence-corrected chi connectivity index (χ1v) is 7.27. The average molecular weight is 228 g/mol. The zero-order valence-corrected chi connectivity index (χ0v) is 9.55. The van der Waals surface area contributed by atoms with Gasteiger partial charge >= 0.3 is 0 Å². The summed E-state index contributed by atoms with van der Waals surface area (Å²) in [7, 11) is -3.15. The van der Waals surface area contributed by atoms with Crippen molar-refractivity contribution in [1.29, 1.82) is 0 Å². The van der Waals surface area contributed by atoms with Crippen LogP contribution in [0.2, 0.25) is 0 Å². The maximum absolute atomic E-state index is 12.0. The summed E-state index contributed by atoms with van der Waals surface area (Å²) in [6, 6.07) is 0. The average Bonchev–Trinajstić information content (AvgIpc) is 2.69. The monoisotopic (exact) mass is 228 g/mol. The Morgan fingerprint density at radius 1 is 1.27 bits per heavy atom. The predicted octanol–water partition coefficient (Wildman–Crippen LogP) is 1.63. The maximum atomic E-state index is 12.0. The molecule has 0 aromatic carbocycles. The van der Waals surface area contributed by atoms with Gasteiger partial charge < -0.3 is 0 Å². The van der Waals surface area contributed by atoms with Crippen molar-refractivity contribution in [2.24, 2.45) is 0 Å². The number of ketones is 1. The van der Waals surface area contributed by atoms with E-state index in [1.165, 1.54) is 0 Å². The van der Waals surface area contributed by atoms with Gasteiger partial charge in [-0.1, -0.05) is 12.5 Å². The fraction of sp³-hybridized carbons (Fsp3) is 0.727. The summed E-state index contributed by atoms with van der Waals surface area (Å²) in [5, 5.41) is -0.726. The molecular weight excluding hydrogens is 212 g/mol. The Morgan fingerprint density at radius 2 is 2.07 bits per heavy atom. The first kappa shape index (κ1) is 10.9. The van der Waals surface area contributed by atoms with Crippen LogP contribution >= 0.6 is 0 Å². The Hall–Kier alpha value is -0.640. The lowest BCUT2D eigenvalue weighted by Crippen LogP contribution is -2.36. The van der Waals surface area contributed by atoms with Crippen molar-refractivity contribution in [2.45, 2.75) is 43.8 Å². The molecule has 0 amide bonds. The number of sulfone groups is 1. The summed E-state index contributed by atoms with van der Waals surface area (Å²) < 4.78 is 23.5. The molecule has 2 aliphatic rings. The van der Waals surface area contributed by atoms with Crippen LogP contribution in [0.5, 0.6) is 0 Å². The number of carbonyl (C=O) groups excluding carboxylic acids is 1. The van der Waals surface area contributed by atoms with Gasteiger partial charge in [0, 0.05) is 0 Å². The number of hydrogen-bond acceptors (Lipinski definition) is 3. The molecule has 0 spiro atoms. The van der Waals surface area contributed by atoms with E-state index in [1.54, 1.807) is 0 Å². The Balaban J connectivity index is 2.18. The van der Waals surface area contributed by atoms with Gasteiger partial charge in [0.1, 0.15) is 5.25 Å². The van der Waals surface area contributed by atoms with Gasteiger partial charge in [-0.3, -0.25) is 4.79 Å². The van der Waals surface area contributed by atoms with Gasteiger partial charge in [-0.05, 0) is 37.7 Å². The number of rotatable bonds is 2. The van der Waals surface area contributed by atoms with Gasteiger partial charge in [0.15, 0.2) is 15.6 Å². The van der Waals surface area contributed by atoms with Crippen molar-refractivity contribution in [1.82, 2.24) is 0 Å². The normalized spacial score (nSPS) is 29.9. The molecule has 1 saturated heterocycles. The topological polar surface area (TPSA) is 51.2 Å². The summed E-state index contributed by atoms with van der Waals surface area (Å²) in [6.45, 7) is 0. The van der Waals surface area contributed by atoms with Crippen LogP contribution in [0.4, 0.5) is 0 Å². The van der Waals surface area contributed by atoms with Crippen LogP contribution in [-0.2, 0) is 14.6 Å². The molecule has 4 heteroatoms.